The molecule has 0 fully saturated rings. The molecule has 0 bridgehead atoms. The smallest absolute Gasteiger partial charge is 0.0964 e. The first kappa shape index (κ1) is 14.6. The van der Waals surface area contributed by atoms with E-state index in [-0.39, 0.29) is 0 Å². The predicted octanol–water partition coefficient (Wildman–Crippen LogP) is 3.98. The largest absolute Gasteiger partial charge is 0.387 e. The Bertz CT molecular complexity index is 519. The first-order valence-electron chi connectivity index (χ1n) is 7.12. The van der Waals surface area contributed by atoms with E-state index in [1.807, 2.05) is 37.4 Å². The van der Waals surface area contributed by atoms with Crippen LogP contribution < -0.4 is 4.90 Å². The molecule has 1 unspecified atom stereocenters. The molecule has 2 aromatic rings. The summed E-state index contributed by atoms with van der Waals surface area (Å²) in [7, 11) is 2.00. The monoisotopic (exact) mass is 269 g/mol. The Morgan fingerprint density at radius 1 is 0.900 bits per heavy atom. The van der Waals surface area contributed by atoms with E-state index in [4.69, 9.17) is 0 Å². The number of aliphatic hydroxyl groups excluding tert-OH is 1. The van der Waals surface area contributed by atoms with Gasteiger partial charge in [0, 0.05) is 19.3 Å². The van der Waals surface area contributed by atoms with E-state index in [1.54, 1.807) is 0 Å². The van der Waals surface area contributed by atoms with E-state index < -0.39 is 6.10 Å². The van der Waals surface area contributed by atoms with Crippen LogP contribution in [-0.4, -0.2) is 18.7 Å². The summed E-state index contributed by atoms with van der Waals surface area (Å²) >= 11 is 0. The maximum atomic E-state index is 10.3. The SMILES string of the molecule is CC(C)c1ccc(C(O)CN(C)c2ccccc2)cc1. The Hall–Kier alpha value is -1.80. The van der Waals surface area contributed by atoms with E-state index in [0.717, 1.165) is 11.3 Å². The van der Waals surface area contributed by atoms with Crippen molar-refractivity contribution in [3.8, 4) is 0 Å². The van der Waals surface area contributed by atoms with Crippen LogP contribution in [0.2, 0.25) is 0 Å². The average Bonchev–Trinajstić information content (AvgIpc) is 2.48. The van der Waals surface area contributed by atoms with Crippen molar-refractivity contribution in [2.24, 2.45) is 0 Å². The summed E-state index contributed by atoms with van der Waals surface area (Å²) in [5.41, 5.74) is 3.39. The second-order valence-electron chi connectivity index (χ2n) is 5.55. The quantitative estimate of drug-likeness (QED) is 0.887. The molecule has 106 valence electrons. The van der Waals surface area contributed by atoms with Crippen LogP contribution in [0.15, 0.2) is 54.6 Å². The van der Waals surface area contributed by atoms with Gasteiger partial charge in [0.25, 0.3) is 0 Å². The van der Waals surface area contributed by atoms with Gasteiger partial charge in [-0.3, -0.25) is 0 Å². The summed E-state index contributed by atoms with van der Waals surface area (Å²) in [5.74, 6) is 0.521. The molecule has 0 saturated carbocycles. The van der Waals surface area contributed by atoms with E-state index in [1.165, 1.54) is 5.56 Å². The molecule has 0 radical (unpaired) electrons. The third-order valence-corrected chi connectivity index (χ3v) is 3.63. The molecule has 2 nitrogen and oxygen atoms in total. The van der Waals surface area contributed by atoms with Crippen molar-refractivity contribution in [2.75, 3.05) is 18.5 Å². The molecule has 0 spiro atoms. The summed E-state index contributed by atoms with van der Waals surface area (Å²) in [6.45, 7) is 4.94. The molecule has 0 aliphatic carbocycles. The Morgan fingerprint density at radius 3 is 2.00 bits per heavy atom. The zero-order valence-electron chi connectivity index (χ0n) is 12.5. The normalized spacial score (nSPS) is 12.4. The summed E-state index contributed by atoms with van der Waals surface area (Å²) < 4.78 is 0. The van der Waals surface area contributed by atoms with E-state index in [9.17, 15) is 5.11 Å². The van der Waals surface area contributed by atoms with Gasteiger partial charge in [-0.25, -0.2) is 0 Å². The third kappa shape index (κ3) is 3.61. The minimum absolute atomic E-state index is 0.471. The molecule has 0 aliphatic rings. The Kier molecular flexibility index (Phi) is 4.80. The topological polar surface area (TPSA) is 23.5 Å². The van der Waals surface area contributed by atoms with Gasteiger partial charge >= 0.3 is 0 Å². The summed E-state index contributed by atoms with van der Waals surface area (Å²) in [6.07, 6.45) is -0.471. The maximum Gasteiger partial charge on any atom is 0.0964 e. The fourth-order valence-electron chi connectivity index (χ4n) is 2.26. The van der Waals surface area contributed by atoms with Gasteiger partial charge in [0.2, 0.25) is 0 Å². The van der Waals surface area contributed by atoms with Crippen LogP contribution in [0.25, 0.3) is 0 Å². The maximum absolute atomic E-state index is 10.3. The first-order chi connectivity index (χ1) is 9.58. The molecule has 1 N–H and O–H groups in total. The van der Waals surface area contributed by atoms with Gasteiger partial charge in [0.15, 0.2) is 0 Å². The molecular formula is C18H23NO. The Labute approximate surface area is 121 Å². The van der Waals surface area contributed by atoms with Crippen LogP contribution >= 0.6 is 0 Å². The molecular weight excluding hydrogens is 246 g/mol. The van der Waals surface area contributed by atoms with Gasteiger partial charge in [-0.1, -0.05) is 56.3 Å². The van der Waals surface area contributed by atoms with Crippen LogP contribution in [0.4, 0.5) is 5.69 Å². The summed E-state index contributed by atoms with van der Waals surface area (Å²) in [6, 6.07) is 18.4. The highest BCUT2D eigenvalue weighted by Crippen LogP contribution is 2.21. The van der Waals surface area contributed by atoms with E-state index in [2.05, 4.69) is 43.0 Å². The number of hydrogen-bond acceptors (Lipinski definition) is 2. The minimum Gasteiger partial charge on any atom is -0.387 e. The van der Waals surface area contributed by atoms with Crippen molar-refractivity contribution >= 4 is 5.69 Å². The van der Waals surface area contributed by atoms with Gasteiger partial charge in [-0.05, 0) is 29.2 Å². The fraction of sp³-hybridized carbons (Fsp3) is 0.333. The standard InChI is InChI=1S/C18H23NO/c1-14(2)15-9-11-16(12-10-15)18(20)13-19(3)17-7-5-4-6-8-17/h4-12,14,18,20H,13H2,1-3H3. The summed E-state index contributed by atoms with van der Waals surface area (Å²) in [4.78, 5) is 2.07. The van der Waals surface area contributed by atoms with E-state index >= 15 is 0 Å². The average molecular weight is 269 g/mol. The van der Waals surface area contributed by atoms with Crippen LogP contribution in [0.3, 0.4) is 0 Å². The van der Waals surface area contributed by atoms with Crippen molar-refractivity contribution < 1.29 is 5.11 Å². The number of aliphatic hydroxyl groups is 1. The number of hydrogen-bond donors (Lipinski definition) is 1. The van der Waals surface area contributed by atoms with Gasteiger partial charge < -0.3 is 10.0 Å². The van der Waals surface area contributed by atoms with Crippen LogP contribution in [0, 0.1) is 0 Å². The lowest BCUT2D eigenvalue weighted by molar-refractivity contribution is 0.185. The second kappa shape index (κ2) is 6.58. The molecule has 0 aromatic heterocycles. The van der Waals surface area contributed by atoms with Crippen LogP contribution in [-0.2, 0) is 0 Å². The molecule has 20 heavy (non-hydrogen) atoms. The number of rotatable bonds is 5. The highest BCUT2D eigenvalue weighted by Gasteiger charge is 2.11. The number of anilines is 1. The van der Waals surface area contributed by atoms with Crippen LogP contribution in [0.1, 0.15) is 37.0 Å². The lowest BCUT2D eigenvalue weighted by atomic mass is 10.00. The number of para-hydroxylation sites is 1. The molecule has 0 aliphatic heterocycles. The fourth-order valence-corrected chi connectivity index (χ4v) is 2.26. The predicted molar refractivity (Wildman–Crippen MR) is 85.2 cm³/mol. The minimum atomic E-state index is -0.471. The van der Waals surface area contributed by atoms with Crippen LogP contribution in [0.5, 0.6) is 0 Å². The van der Waals surface area contributed by atoms with Crippen molar-refractivity contribution in [3.05, 3.63) is 65.7 Å². The van der Waals surface area contributed by atoms with Gasteiger partial charge in [-0.15, -0.1) is 0 Å². The molecule has 0 saturated heterocycles. The zero-order valence-corrected chi connectivity index (χ0v) is 12.5. The first-order valence-corrected chi connectivity index (χ1v) is 7.12. The molecule has 2 heteroatoms. The lowest BCUT2D eigenvalue weighted by Gasteiger charge is -2.23. The zero-order chi connectivity index (χ0) is 14.5. The lowest BCUT2D eigenvalue weighted by Crippen LogP contribution is -2.24. The van der Waals surface area contributed by atoms with Crippen molar-refractivity contribution in [1.29, 1.82) is 0 Å². The summed E-state index contributed by atoms with van der Waals surface area (Å²) in [5, 5.41) is 10.3. The van der Waals surface area contributed by atoms with Crippen molar-refractivity contribution in [3.63, 3.8) is 0 Å². The highest BCUT2D eigenvalue weighted by molar-refractivity contribution is 5.45. The Balaban J connectivity index is 2.02. The molecule has 2 aromatic carbocycles. The number of nitrogens with zero attached hydrogens (tertiary/aromatic N) is 1. The highest BCUT2D eigenvalue weighted by atomic mass is 16.3. The third-order valence-electron chi connectivity index (χ3n) is 3.63. The van der Waals surface area contributed by atoms with Crippen molar-refractivity contribution in [2.45, 2.75) is 25.9 Å². The number of benzene rings is 2. The van der Waals surface area contributed by atoms with E-state index in [0.29, 0.717) is 12.5 Å². The number of likely N-dealkylation sites (N-methyl/N-ethyl adjacent to an activating group) is 1. The molecule has 2 rings (SSSR count). The molecule has 1 atom stereocenters. The van der Waals surface area contributed by atoms with Gasteiger partial charge in [-0.2, -0.15) is 0 Å². The molecule has 0 amide bonds. The second-order valence-corrected chi connectivity index (χ2v) is 5.55. The molecule has 0 heterocycles. The Morgan fingerprint density at radius 2 is 1.45 bits per heavy atom. The van der Waals surface area contributed by atoms with Gasteiger partial charge in [0.05, 0.1) is 6.10 Å². The van der Waals surface area contributed by atoms with Crippen molar-refractivity contribution in [1.82, 2.24) is 0 Å². The van der Waals surface area contributed by atoms with Gasteiger partial charge in [0.1, 0.15) is 0 Å².